The number of carbonyl (C=O) groups excluding carboxylic acids is 4. The molecule has 11 nitrogen and oxygen atoms in total. The van der Waals surface area contributed by atoms with Crippen molar-refractivity contribution in [2.45, 2.75) is 84.2 Å². The van der Waals surface area contributed by atoms with Crippen LogP contribution in [0.5, 0.6) is 5.75 Å². The summed E-state index contributed by atoms with van der Waals surface area (Å²) in [4.78, 5) is 55.7. The third-order valence-corrected chi connectivity index (χ3v) is 6.67. The first-order valence-electron chi connectivity index (χ1n) is 13.0. The molecule has 3 amide bonds. The highest BCUT2D eigenvalue weighted by atomic mass is 16.6. The quantitative estimate of drug-likeness (QED) is 0.574. The highest BCUT2D eigenvalue weighted by molar-refractivity contribution is 6.02. The molecule has 2 atom stereocenters. The third kappa shape index (κ3) is 5.81. The van der Waals surface area contributed by atoms with Crippen LogP contribution in [0.25, 0.3) is 0 Å². The molecule has 0 radical (unpaired) electrons. The van der Waals surface area contributed by atoms with E-state index in [1.807, 2.05) is 26.8 Å². The Balaban J connectivity index is 1.48. The van der Waals surface area contributed by atoms with Crippen molar-refractivity contribution in [3.63, 3.8) is 0 Å². The van der Waals surface area contributed by atoms with Gasteiger partial charge in [0.05, 0.1) is 18.3 Å². The van der Waals surface area contributed by atoms with Crippen molar-refractivity contribution in [3.05, 3.63) is 23.3 Å². The first-order chi connectivity index (χ1) is 17.6. The Hall–Kier alpha value is -3.50. The number of nitrogens with zero attached hydrogens (tertiary/aromatic N) is 3. The van der Waals surface area contributed by atoms with Crippen molar-refractivity contribution in [2.75, 3.05) is 31.1 Å². The number of nitrogens with two attached hydrogens (primary N) is 1. The van der Waals surface area contributed by atoms with E-state index in [4.69, 9.17) is 19.9 Å². The maximum atomic E-state index is 13.3. The minimum absolute atomic E-state index is 0.0385. The number of fused-ring (bicyclic) bond motifs is 5. The number of ether oxygens (including phenoxy) is 3. The van der Waals surface area contributed by atoms with E-state index < -0.39 is 29.1 Å². The third-order valence-electron chi connectivity index (χ3n) is 6.67. The topological polar surface area (TPSA) is 132 Å². The second kappa shape index (κ2) is 9.99. The van der Waals surface area contributed by atoms with Gasteiger partial charge in [-0.25, -0.2) is 4.79 Å². The van der Waals surface area contributed by atoms with Crippen LogP contribution in [0.4, 0.5) is 10.5 Å². The maximum absolute atomic E-state index is 13.3. The van der Waals surface area contributed by atoms with Gasteiger partial charge in [0, 0.05) is 37.2 Å². The molecule has 1 aromatic carbocycles. The molecule has 3 aliphatic rings. The van der Waals surface area contributed by atoms with Crippen LogP contribution < -0.4 is 15.4 Å². The van der Waals surface area contributed by atoms with Gasteiger partial charge in [-0.1, -0.05) is 0 Å². The molecule has 0 saturated carbocycles. The molecule has 1 fully saturated rings. The minimum Gasteiger partial charge on any atom is -0.489 e. The lowest BCUT2D eigenvalue weighted by atomic mass is 10.0. The average molecular weight is 531 g/mol. The average Bonchev–Trinajstić information content (AvgIpc) is 3.12. The van der Waals surface area contributed by atoms with Gasteiger partial charge >= 0.3 is 12.1 Å². The molecule has 1 aromatic rings. The molecule has 38 heavy (non-hydrogen) atoms. The van der Waals surface area contributed by atoms with Crippen molar-refractivity contribution in [2.24, 2.45) is 5.73 Å². The van der Waals surface area contributed by atoms with Crippen LogP contribution in [0.2, 0.25) is 0 Å². The number of anilines is 1. The Morgan fingerprint density at radius 2 is 1.76 bits per heavy atom. The molecule has 208 valence electrons. The van der Waals surface area contributed by atoms with Crippen molar-refractivity contribution >= 4 is 29.6 Å². The molecule has 3 aliphatic heterocycles. The van der Waals surface area contributed by atoms with E-state index in [1.165, 1.54) is 4.90 Å². The van der Waals surface area contributed by atoms with E-state index in [0.717, 1.165) is 5.69 Å². The molecule has 4 rings (SSSR count). The Morgan fingerprint density at radius 3 is 2.39 bits per heavy atom. The highest BCUT2D eigenvalue weighted by Crippen LogP contribution is 2.43. The standard InChI is InChI=1S/C27H38N4O7/c1-26(2,3)37-21(32)10-9-20(23(28)33)31-14-18-17(24(31)34)7-8-19-22(18)36-15-16-13-29(11-12-30(16)19)25(35)38-27(4,5)6/h7-8,16,20H,9-15H2,1-6H3,(H2,28,33)/t16-,20+/m1/s1. The Bertz CT molecular complexity index is 1140. The first-order valence-corrected chi connectivity index (χ1v) is 13.0. The largest absolute Gasteiger partial charge is 0.489 e. The number of primary amides is 1. The lowest BCUT2D eigenvalue weighted by Crippen LogP contribution is -2.59. The molecule has 0 unspecified atom stereocenters. The van der Waals surface area contributed by atoms with E-state index in [-0.39, 0.29) is 37.4 Å². The van der Waals surface area contributed by atoms with Gasteiger partial charge in [-0.2, -0.15) is 0 Å². The van der Waals surface area contributed by atoms with E-state index in [0.29, 0.717) is 43.1 Å². The molecule has 0 aliphatic carbocycles. The first kappa shape index (κ1) is 27.5. The maximum Gasteiger partial charge on any atom is 0.410 e. The van der Waals surface area contributed by atoms with Gasteiger partial charge in [-0.05, 0) is 60.1 Å². The summed E-state index contributed by atoms with van der Waals surface area (Å²) in [7, 11) is 0. The zero-order valence-corrected chi connectivity index (χ0v) is 23.0. The Morgan fingerprint density at radius 1 is 1.08 bits per heavy atom. The van der Waals surface area contributed by atoms with Crippen LogP contribution in [0, 0.1) is 0 Å². The second-order valence-corrected chi connectivity index (χ2v) is 12.0. The van der Waals surface area contributed by atoms with Crippen molar-refractivity contribution in [1.82, 2.24) is 9.80 Å². The van der Waals surface area contributed by atoms with E-state index >= 15 is 0 Å². The summed E-state index contributed by atoms with van der Waals surface area (Å²) in [5.74, 6) is -0.847. The van der Waals surface area contributed by atoms with Gasteiger partial charge < -0.3 is 34.6 Å². The number of esters is 1. The molecule has 1 saturated heterocycles. The second-order valence-electron chi connectivity index (χ2n) is 12.0. The summed E-state index contributed by atoms with van der Waals surface area (Å²) < 4.78 is 17.0. The zero-order valence-electron chi connectivity index (χ0n) is 23.0. The number of benzene rings is 1. The van der Waals surface area contributed by atoms with E-state index in [2.05, 4.69) is 4.90 Å². The highest BCUT2D eigenvalue weighted by Gasteiger charge is 2.42. The number of hydrogen-bond acceptors (Lipinski definition) is 8. The van der Waals surface area contributed by atoms with Gasteiger partial charge in [0.1, 0.15) is 29.6 Å². The summed E-state index contributed by atoms with van der Waals surface area (Å²) in [6, 6.07) is 2.59. The summed E-state index contributed by atoms with van der Waals surface area (Å²) in [6.45, 7) is 12.9. The molecule has 0 bridgehead atoms. The van der Waals surface area contributed by atoms with Gasteiger partial charge in [-0.3, -0.25) is 14.4 Å². The fraction of sp³-hybridized carbons (Fsp3) is 0.630. The fourth-order valence-electron chi connectivity index (χ4n) is 5.09. The van der Waals surface area contributed by atoms with Crippen LogP contribution in [0.15, 0.2) is 12.1 Å². The molecule has 11 heteroatoms. The number of carbonyl (C=O) groups is 4. The van der Waals surface area contributed by atoms with E-state index in [9.17, 15) is 19.2 Å². The van der Waals surface area contributed by atoms with Crippen molar-refractivity contribution in [1.29, 1.82) is 0 Å². The zero-order chi connectivity index (χ0) is 28.0. The van der Waals surface area contributed by atoms with Crippen LogP contribution in [0.1, 0.15) is 70.3 Å². The number of piperazine rings is 1. The van der Waals surface area contributed by atoms with Crippen molar-refractivity contribution < 1.29 is 33.4 Å². The predicted molar refractivity (Wildman–Crippen MR) is 139 cm³/mol. The molecule has 2 N–H and O–H groups in total. The van der Waals surface area contributed by atoms with Gasteiger partial charge in [-0.15, -0.1) is 0 Å². The van der Waals surface area contributed by atoms with E-state index in [1.54, 1.807) is 31.7 Å². The normalized spacial score (nSPS) is 19.7. The molecule has 0 spiro atoms. The van der Waals surface area contributed by atoms with Crippen LogP contribution in [-0.4, -0.2) is 83.2 Å². The summed E-state index contributed by atoms with van der Waals surface area (Å²) in [5.41, 5.74) is 6.45. The molecule has 3 heterocycles. The number of amides is 3. The predicted octanol–water partition coefficient (Wildman–Crippen LogP) is 2.44. The smallest absolute Gasteiger partial charge is 0.410 e. The Labute approximate surface area is 223 Å². The van der Waals surface area contributed by atoms with Gasteiger partial charge in [0.2, 0.25) is 5.91 Å². The summed E-state index contributed by atoms with van der Waals surface area (Å²) >= 11 is 0. The van der Waals surface area contributed by atoms with Crippen molar-refractivity contribution in [3.8, 4) is 5.75 Å². The lowest BCUT2D eigenvalue weighted by molar-refractivity contribution is -0.155. The number of hydrogen-bond donors (Lipinski definition) is 1. The molecule has 0 aromatic heterocycles. The Kier molecular flexibility index (Phi) is 7.24. The summed E-state index contributed by atoms with van der Waals surface area (Å²) in [6.07, 6.45) is -0.313. The van der Waals surface area contributed by atoms with Crippen LogP contribution in [0.3, 0.4) is 0 Å². The summed E-state index contributed by atoms with van der Waals surface area (Å²) in [5, 5.41) is 0. The fourth-order valence-corrected chi connectivity index (χ4v) is 5.09. The number of rotatable bonds is 5. The van der Waals surface area contributed by atoms with Gasteiger partial charge in [0.25, 0.3) is 5.91 Å². The minimum atomic E-state index is -0.952. The van der Waals surface area contributed by atoms with Crippen LogP contribution in [-0.2, 0) is 25.6 Å². The monoisotopic (exact) mass is 530 g/mol. The lowest BCUT2D eigenvalue weighted by Gasteiger charge is -2.45. The van der Waals surface area contributed by atoms with Gasteiger partial charge in [0.15, 0.2) is 0 Å². The molecular weight excluding hydrogens is 492 g/mol. The van der Waals surface area contributed by atoms with Crippen LogP contribution >= 0.6 is 0 Å². The SMILES string of the molecule is CC(C)(C)OC(=O)CC[C@@H](C(N)=O)N1Cc2c(ccc3c2OC[C@H]2CN(C(=O)OC(C)(C)C)CCN32)C1=O. The molecular formula is C27H38N4O7.